The van der Waals surface area contributed by atoms with Crippen LogP contribution in [-0.2, 0) is 9.53 Å². The summed E-state index contributed by atoms with van der Waals surface area (Å²) in [5, 5.41) is 10.6. The van der Waals surface area contributed by atoms with Gasteiger partial charge < -0.3 is 10.5 Å². The van der Waals surface area contributed by atoms with E-state index in [0.29, 0.717) is 12.2 Å². The molecule has 0 unspecified atom stereocenters. The van der Waals surface area contributed by atoms with Crippen molar-refractivity contribution in [3.8, 4) is 0 Å². The zero-order chi connectivity index (χ0) is 12.8. The second-order valence-electron chi connectivity index (χ2n) is 3.56. The SMILES string of the molecule is CCOC(=O)C[C@@H]([NH3+])c1cccc([N+](=O)[O-])c1. The van der Waals surface area contributed by atoms with Gasteiger partial charge in [-0.1, -0.05) is 12.1 Å². The van der Waals surface area contributed by atoms with Crippen LogP contribution in [0.1, 0.15) is 24.9 Å². The lowest BCUT2D eigenvalue weighted by Crippen LogP contribution is -2.54. The van der Waals surface area contributed by atoms with Crippen molar-refractivity contribution in [3.05, 3.63) is 39.9 Å². The van der Waals surface area contributed by atoms with E-state index in [0.717, 1.165) is 0 Å². The quantitative estimate of drug-likeness (QED) is 0.467. The summed E-state index contributed by atoms with van der Waals surface area (Å²) in [6.45, 7) is 2.05. The molecular formula is C11H15N2O4+. The summed E-state index contributed by atoms with van der Waals surface area (Å²) in [5.74, 6) is -0.348. The molecule has 92 valence electrons. The Morgan fingerprint density at radius 2 is 2.29 bits per heavy atom. The maximum atomic E-state index is 11.2. The molecule has 6 nitrogen and oxygen atoms in total. The number of rotatable bonds is 5. The average molecular weight is 239 g/mol. The highest BCUT2D eigenvalue weighted by Gasteiger charge is 2.18. The van der Waals surface area contributed by atoms with Gasteiger partial charge in [-0.15, -0.1) is 0 Å². The predicted octanol–water partition coefficient (Wildman–Crippen LogP) is 0.831. The minimum Gasteiger partial charge on any atom is -0.466 e. The molecule has 0 aliphatic rings. The molecule has 0 aromatic heterocycles. The van der Waals surface area contributed by atoms with Crippen LogP contribution in [0, 0.1) is 10.1 Å². The number of nitro benzene ring substituents is 1. The first-order chi connectivity index (χ1) is 8.04. The zero-order valence-corrected chi connectivity index (χ0v) is 9.59. The fourth-order valence-electron chi connectivity index (χ4n) is 1.43. The van der Waals surface area contributed by atoms with E-state index in [1.807, 2.05) is 0 Å². The van der Waals surface area contributed by atoms with Gasteiger partial charge in [0.2, 0.25) is 0 Å². The molecule has 0 amide bonds. The van der Waals surface area contributed by atoms with E-state index >= 15 is 0 Å². The summed E-state index contributed by atoms with van der Waals surface area (Å²) in [6.07, 6.45) is 0.120. The smallest absolute Gasteiger partial charge is 0.312 e. The summed E-state index contributed by atoms with van der Waals surface area (Å²) in [7, 11) is 0. The first kappa shape index (κ1) is 13.1. The number of hydrogen-bond donors (Lipinski definition) is 1. The summed E-state index contributed by atoms with van der Waals surface area (Å²) < 4.78 is 4.80. The van der Waals surface area contributed by atoms with Crippen LogP contribution >= 0.6 is 0 Å². The standard InChI is InChI=1S/C11H14N2O4/c1-2-17-11(14)7-10(12)8-4-3-5-9(6-8)13(15)16/h3-6,10H,2,7,12H2,1H3/p+1/t10-/m1/s1. The van der Waals surface area contributed by atoms with Gasteiger partial charge in [0.05, 0.1) is 11.5 Å². The Morgan fingerprint density at radius 1 is 1.59 bits per heavy atom. The van der Waals surface area contributed by atoms with Crippen molar-refractivity contribution < 1.29 is 20.2 Å². The van der Waals surface area contributed by atoms with Crippen molar-refractivity contribution in [1.82, 2.24) is 0 Å². The van der Waals surface area contributed by atoms with E-state index in [-0.39, 0.29) is 24.1 Å². The maximum Gasteiger partial charge on any atom is 0.312 e. The van der Waals surface area contributed by atoms with E-state index in [4.69, 9.17) is 4.74 Å². The zero-order valence-electron chi connectivity index (χ0n) is 9.59. The Labute approximate surface area is 98.5 Å². The lowest BCUT2D eigenvalue weighted by molar-refractivity contribution is -0.426. The highest BCUT2D eigenvalue weighted by atomic mass is 16.6. The number of carbonyl (C=O) groups is 1. The Kier molecular flexibility index (Phi) is 4.59. The molecule has 0 bridgehead atoms. The van der Waals surface area contributed by atoms with E-state index in [1.165, 1.54) is 12.1 Å². The highest BCUT2D eigenvalue weighted by Crippen LogP contribution is 2.18. The van der Waals surface area contributed by atoms with Crippen molar-refractivity contribution in [2.75, 3.05) is 6.61 Å². The number of hydrogen-bond acceptors (Lipinski definition) is 4. The molecule has 1 aromatic carbocycles. The van der Waals surface area contributed by atoms with Gasteiger partial charge in [-0.3, -0.25) is 14.9 Å². The fraction of sp³-hybridized carbons (Fsp3) is 0.364. The van der Waals surface area contributed by atoms with E-state index in [9.17, 15) is 14.9 Å². The van der Waals surface area contributed by atoms with Crippen LogP contribution < -0.4 is 5.73 Å². The number of carbonyl (C=O) groups excluding carboxylic acids is 1. The van der Waals surface area contributed by atoms with Crippen molar-refractivity contribution >= 4 is 11.7 Å². The molecule has 0 saturated carbocycles. The molecule has 0 aliphatic carbocycles. The monoisotopic (exact) mass is 239 g/mol. The molecule has 0 aliphatic heterocycles. The van der Waals surface area contributed by atoms with Gasteiger partial charge in [-0.2, -0.15) is 0 Å². The minimum atomic E-state index is -0.472. The third kappa shape index (κ3) is 3.84. The molecular weight excluding hydrogens is 224 g/mol. The first-order valence-electron chi connectivity index (χ1n) is 5.27. The molecule has 0 fully saturated rings. The molecule has 3 N–H and O–H groups in total. The lowest BCUT2D eigenvalue weighted by Gasteiger charge is -2.07. The number of esters is 1. The predicted molar refractivity (Wildman–Crippen MR) is 60.0 cm³/mol. The van der Waals surface area contributed by atoms with Crippen LogP contribution in [0.4, 0.5) is 5.69 Å². The molecule has 1 atom stereocenters. The molecule has 17 heavy (non-hydrogen) atoms. The number of nitro groups is 1. The van der Waals surface area contributed by atoms with Crippen LogP contribution in [-0.4, -0.2) is 17.5 Å². The van der Waals surface area contributed by atoms with Crippen LogP contribution in [0.15, 0.2) is 24.3 Å². The van der Waals surface area contributed by atoms with Gasteiger partial charge in [0.15, 0.2) is 0 Å². The summed E-state index contributed by atoms with van der Waals surface area (Å²) in [5.41, 5.74) is 4.47. The van der Waals surface area contributed by atoms with Gasteiger partial charge in [-0.05, 0) is 6.92 Å². The molecule has 0 heterocycles. The van der Waals surface area contributed by atoms with Gasteiger partial charge in [0.25, 0.3) is 5.69 Å². The molecule has 0 saturated heterocycles. The van der Waals surface area contributed by atoms with E-state index < -0.39 is 4.92 Å². The van der Waals surface area contributed by atoms with Crippen LogP contribution in [0.5, 0.6) is 0 Å². The minimum absolute atomic E-state index is 0.00000821. The fourth-order valence-corrected chi connectivity index (χ4v) is 1.43. The molecule has 0 radical (unpaired) electrons. The normalized spacial score (nSPS) is 11.9. The molecule has 1 aromatic rings. The number of benzene rings is 1. The topological polar surface area (TPSA) is 97.1 Å². The number of nitrogens with zero attached hydrogens (tertiary/aromatic N) is 1. The Balaban J connectivity index is 2.75. The summed E-state index contributed by atoms with van der Waals surface area (Å²) in [4.78, 5) is 21.4. The van der Waals surface area contributed by atoms with Gasteiger partial charge in [0.1, 0.15) is 12.5 Å². The second kappa shape index (κ2) is 5.95. The highest BCUT2D eigenvalue weighted by molar-refractivity contribution is 5.70. The third-order valence-corrected chi connectivity index (χ3v) is 2.27. The summed E-state index contributed by atoms with van der Waals surface area (Å²) >= 11 is 0. The maximum absolute atomic E-state index is 11.2. The number of non-ortho nitro benzene ring substituents is 1. The molecule has 1 rings (SSSR count). The number of ether oxygens (including phenoxy) is 1. The lowest BCUT2D eigenvalue weighted by atomic mass is 10.0. The molecule has 6 heteroatoms. The summed E-state index contributed by atoms with van der Waals surface area (Å²) in [6, 6.07) is 5.78. The van der Waals surface area contributed by atoms with Crippen LogP contribution in [0.2, 0.25) is 0 Å². The van der Waals surface area contributed by atoms with Crippen molar-refractivity contribution in [2.45, 2.75) is 19.4 Å². The largest absolute Gasteiger partial charge is 0.466 e. The van der Waals surface area contributed by atoms with Crippen molar-refractivity contribution in [1.29, 1.82) is 0 Å². The first-order valence-corrected chi connectivity index (χ1v) is 5.27. The van der Waals surface area contributed by atoms with E-state index in [1.54, 1.807) is 19.1 Å². The van der Waals surface area contributed by atoms with Gasteiger partial charge in [-0.25, -0.2) is 0 Å². The Bertz CT molecular complexity index is 420. The molecule has 0 spiro atoms. The second-order valence-corrected chi connectivity index (χ2v) is 3.56. The number of quaternary nitrogens is 1. The third-order valence-electron chi connectivity index (χ3n) is 2.27. The van der Waals surface area contributed by atoms with Gasteiger partial charge >= 0.3 is 5.97 Å². The van der Waals surface area contributed by atoms with Crippen molar-refractivity contribution in [3.63, 3.8) is 0 Å². The van der Waals surface area contributed by atoms with Crippen LogP contribution in [0.25, 0.3) is 0 Å². The Hall–Kier alpha value is -1.95. The van der Waals surface area contributed by atoms with Gasteiger partial charge in [0, 0.05) is 17.7 Å². The average Bonchev–Trinajstić information content (AvgIpc) is 2.29. The Morgan fingerprint density at radius 3 is 2.88 bits per heavy atom. The van der Waals surface area contributed by atoms with E-state index in [2.05, 4.69) is 5.73 Å². The van der Waals surface area contributed by atoms with Crippen LogP contribution in [0.3, 0.4) is 0 Å². The van der Waals surface area contributed by atoms with Crippen molar-refractivity contribution in [2.24, 2.45) is 0 Å².